The fourth-order valence-electron chi connectivity index (χ4n) is 2.47. The molecule has 0 spiro atoms. The van der Waals surface area contributed by atoms with Gasteiger partial charge >= 0.3 is 0 Å². The first-order chi connectivity index (χ1) is 9.61. The van der Waals surface area contributed by atoms with E-state index >= 15 is 0 Å². The van der Waals surface area contributed by atoms with E-state index in [1.54, 1.807) is 12.3 Å². The minimum Gasteiger partial charge on any atom is -0.340 e. The van der Waals surface area contributed by atoms with Crippen LogP contribution in [-0.4, -0.2) is 32.8 Å². The fourth-order valence-corrected chi connectivity index (χ4v) is 2.47. The van der Waals surface area contributed by atoms with Gasteiger partial charge in [-0.05, 0) is 26.0 Å². The first-order valence-corrected chi connectivity index (χ1v) is 6.71. The Balaban J connectivity index is 1.64. The largest absolute Gasteiger partial charge is 0.340 e. The lowest BCUT2D eigenvalue weighted by molar-refractivity contribution is 0.330. The van der Waals surface area contributed by atoms with Gasteiger partial charge in [0.2, 0.25) is 5.95 Å². The van der Waals surface area contributed by atoms with Crippen LogP contribution in [0.15, 0.2) is 29.2 Å². The Kier molecular flexibility index (Phi) is 3.22. The standard InChI is InChI=1S/C14H17N5O/c1-10-6-11(2)17-14(16-10)18-7-12(8-18)9-19-13(20)4-3-5-15-19/h3-6,12H,7-9H2,1-2H3. The quantitative estimate of drug-likeness (QED) is 0.825. The SMILES string of the molecule is Cc1cc(C)nc(N2CC(Cn3ncccc3=O)C2)n1. The third kappa shape index (κ3) is 2.54. The maximum absolute atomic E-state index is 11.6. The summed E-state index contributed by atoms with van der Waals surface area (Å²) in [6.07, 6.45) is 1.64. The first kappa shape index (κ1) is 12.8. The number of nitrogens with zero attached hydrogens (tertiary/aromatic N) is 5. The van der Waals surface area contributed by atoms with Crippen molar-refractivity contribution in [2.75, 3.05) is 18.0 Å². The number of anilines is 1. The van der Waals surface area contributed by atoms with Crippen LogP contribution in [0.25, 0.3) is 0 Å². The lowest BCUT2D eigenvalue weighted by Gasteiger charge is -2.39. The van der Waals surface area contributed by atoms with Crippen LogP contribution in [0.1, 0.15) is 11.4 Å². The Morgan fingerprint density at radius 3 is 2.60 bits per heavy atom. The van der Waals surface area contributed by atoms with E-state index in [4.69, 9.17) is 0 Å². The lowest BCUT2D eigenvalue weighted by Crippen LogP contribution is -2.50. The third-order valence-corrected chi connectivity index (χ3v) is 3.43. The Labute approximate surface area is 117 Å². The van der Waals surface area contributed by atoms with Gasteiger partial charge in [-0.3, -0.25) is 4.79 Å². The Morgan fingerprint density at radius 1 is 1.25 bits per heavy atom. The van der Waals surface area contributed by atoms with Gasteiger partial charge < -0.3 is 4.90 Å². The third-order valence-electron chi connectivity index (χ3n) is 3.43. The number of aryl methyl sites for hydroxylation is 2. The first-order valence-electron chi connectivity index (χ1n) is 6.71. The second-order valence-electron chi connectivity index (χ2n) is 5.27. The molecule has 1 aliphatic heterocycles. The molecule has 104 valence electrons. The van der Waals surface area contributed by atoms with Crippen LogP contribution >= 0.6 is 0 Å². The normalized spacial score (nSPS) is 15.2. The molecule has 0 radical (unpaired) electrons. The van der Waals surface area contributed by atoms with Crippen LogP contribution in [0.5, 0.6) is 0 Å². The Morgan fingerprint density at radius 2 is 1.95 bits per heavy atom. The van der Waals surface area contributed by atoms with E-state index in [1.165, 1.54) is 10.7 Å². The zero-order valence-electron chi connectivity index (χ0n) is 11.7. The van der Waals surface area contributed by atoms with Crippen LogP contribution in [0.4, 0.5) is 5.95 Å². The van der Waals surface area contributed by atoms with Gasteiger partial charge in [-0.25, -0.2) is 14.6 Å². The molecule has 6 nitrogen and oxygen atoms in total. The highest BCUT2D eigenvalue weighted by Crippen LogP contribution is 2.22. The van der Waals surface area contributed by atoms with Gasteiger partial charge in [0.15, 0.2) is 0 Å². The van der Waals surface area contributed by atoms with Crippen molar-refractivity contribution in [3.63, 3.8) is 0 Å². The van der Waals surface area contributed by atoms with E-state index in [0.717, 1.165) is 30.4 Å². The lowest BCUT2D eigenvalue weighted by atomic mass is 10.0. The van der Waals surface area contributed by atoms with E-state index in [1.807, 2.05) is 19.9 Å². The number of hydrogen-bond donors (Lipinski definition) is 0. The molecule has 0 aromatic carbocycles. The average Bonchev–Trinajstić information content (AvgIpc) is 2.34. The molecule has 0 N–H and O–H groups in total. The van der Waals surface area contributed by atoms with E-state index in [2.05, 4.69) is 20.0 Å². The molecule has 2 aromatic rings. The molecule has 0 bridgehead atoms. The van der Waals surface area contributed by atoms with Crippen molar-refractivity contribution in [3.8, 4) is 0 Å². The fraction of sp³-hybridized carbons (Fsp3) is 0.429. The van der Waals surface area contributed by atoms with Crippen molar-refractivity contribution in [2.45, 2.75) is 20.4 Å². The molecular weight excluding hydrogens is 254 g/mol. The molecule has 6 heteroatoms. The summed E-state index contributed by atoms with van der Waals surface area (Å²) in [6.45, 7) is 6.34. The molecule has 3 rings (SSSR count). The predicted octanol–water partition coefficient (Wildman–Crippen LogP) is 0.787. The van der Waals surface area contributed by atoms with E-state index in [0.29, 0.717) is 12.5 Å². The molecule has 0 unspecified atom stereocenters. The molecule has 1 aliphatic rings. The minimum atomic E-state index is -0.0476. The summed E-state index contributed by atoms with van der Waals surface area (Å²) in [5, 5.41) is 4.08. The van der Waals surface area contributed by atoms with Crippen molar-refractivity contribution in [2.24, 2.45) is 5.92 Å². The van der Waals surface area contributed by atoms with E-state index in [-0.39, 0.29) is 5.56 Å². The zero-order valence-corrected chi connectivity index (χ0v) is 11.7. The van der Waals surface area contributed by atoms with E-state index in [9.17, 15) is 4.79 Å². The number of aromatic nitrogens is 4. The zero-order chi connectivity index (χ0) is 14.1. The van der Waals surface area contributed by atoms with E-state index < -0.39 is 0 Å². The van der Waals surface area contributed by atoms with Crippen LogP contribution < -0.4 is 10.5 Å². The van der Waals surface area contributed by atoms with Crippen molar-refractivity contribution in [3.05, 3.63) is 46.1 Å². The van der Waals surface area contributed by atoms with Crippen LogP contribution in [0.2, 0.25) is 0 Å². The van der Waals surface area contributed by atoms with Crippen molar-refractivity contribution < 1.29 is 0 Å². The summed E-state index contributed by atoms with van der Waals surface area (Å²) in [6, 6.07) is 5.17. The highest BCUT2D eigenvalue weighted by molar-refractivity contribution is 5.35. The highest BCUT2D eigenvalue weighted by atomic mass is 16.1. The molecule has 20 heavy (non-hydrogen) atoms. The minimum absolute atomic E-state index is 0.0476. The highest BCUT2D eigenvalue weighted by Gasteiger charge is 2.29. The molecule has 1 fully saturated rings. The smallest absolute Gasteiger partial charge is 0.266 e. The second kappa shape index (κ2) is 5.03. The topological polar surface area (TPSA) is 63.9 Å². The van der Waals surface area contributed by atoms with Crippen LogP contribution in [0, 0.1) is 19.8 Å². The van der Waals surface area contributed by atoms with Gasteiger partial charge in [-0.2, -0.15) is 5.10 Å². The molecule has 0 saturated carbocycles. The van der Waals surface area contributed by atoms with Crippen molar-refractivity contribution in [1.29, 1.82) is 0 Å². The average molecular weight is 271 g/mol. The molecule has 2 aromatic heterocycles. The van der Waals surface area contributed by atoms with Gasteiger partial charge in [0, 0.05) is 42.7 Å². The van der Waals surface area contributed by atoms with Gasteiger partial charge in [-0.1, -0.05) is 0 Å². The van der Waals surface area contributed by atoms with Crippen molar-refractivity contribution in [1.82, 2.24) is 19.7 Å². The Hall–Kier alpha value is -2.24. The number of rotatable bonds is 3. The maximum Gasteiger partial charge on any atom is 0.266 e. The second-order valence-corrected chi connectivity index (χ2v) is 5.27. The number of hydrogen-bond acceptors (Lipinski definition) is 5. The molecule has 3 heterocycles. The van der Waals surface area contributed by atoms with Crippen LogP contribution in [-0.2, 0) is 6.54 Å². The Bertz CT molecular complexity index is 655. The molecule has 1 saturated heterocycles. The van der Waals surface area contributed by atoms with Crippen molar-refractivity contribution >= 4 is 5.95 Å². The summed E-state index contributed by atoms with van der Waals surface area (Å²) in [5.41, 5.74) is 1.92. The summed E-state index contributed by atoms with van der Waals surface area (Å²) in [4.78, 5) is 22.6. The summed E-state index contributed by atoms with van der Waals surface area (Å²) in [7, 11) is 0. The van der Waals surface area contributed by atoms with Crippen LogP contribution in [0.3, 0.4) is 0 Å². The molecule has 0 aliphatic carbocycles. The molecule has 0 atom stereocenters. The summed E-state index contributed by atoms with van der Waals surface area (Å²) in [5.74, 6) is 1.21. The van der Waals surface area contributed by atoms with Gasteiger partial charge in [-0.15, -0.1) is 0 Å². The summed E-state index contributed by atoms with van der Waals surface area (Å²) < 4.78 is 1.52. The van der Waals surface area contributed by atoms with Gasteiger partial charge in [0.25, 0.3) is 5.56 Å². The van der Waals surface area contributed by atoms with Gasteiger partial charge in [0.1, 0.15) is 0 Å². The van der Waals surface area contributed by atoms with Gasteiger partial charge in [0.05, 0.1) is 6.54 Å². The summed E-state index contributed by atoms with van der Waals surface area (Å²) >= 11 is 0. The maximum atomic E-state index is 11.6. The monoisotopic (exact) mass is 271 g/mol. The molecule has 0 amide bonds. The predicted molar refractivity (Wildman–Crippen MR) is 75.7 cm³/mol. The molecular formula is C14H17N5O.